The Morgan fingerprint density at radius 1 is 1.29 bits per heavy atom. The molecule has 0 heterocycles. The zero-order chi connectivity index (χ0) is 9.34. The minimum absolute atomic E-state index is 0.805. The normalized spacial score (nSPS) is 62.5. The summed E-state index contributed by atoms with van der Waals surface area (Å²) in [4.78, 5) is 0. The molecule has 14 heavy (non-hydrogen) atoms. The molecule has 0 radical (unpaired) electrons. The summed E-state index contributed by atoms with van der Waals surface area (Å²) in [7, 11) is 0. The fourth-order valence-corrected chi connectivity index (χ4v) is 5.75. The maximum atomic E-state index is 2.56. The molecule has 0 aromatic rings. The lowest BCUT2D eigenvalue weighted by atomic mass is 9.65. The summed E-state index contributed by atoms with van der Waals surface area (Å²) >= 11 is 0. The third-order valence-corrected chi connectivity index (χ3v) is 6.16. The lowest BCUT2D eigenvalue weighted by Crippen LogP contribution is -2.33. The van der Waals surface area contributed by atoms with Gasteiger partial charge >= 0.3 is 0 Å². The Labute approximate surface area is 86.8 Å². The lowest BCUT2D eigenvalue weighted by molar-refractivity contribution is 0.111. The van der Waals surface area contributed by atoms with Crippen LogP contribution in [-0.4, -0.2) is 0 Å². The lowest BCUT2D eigenvalue weighted by Gasteiger charge is -2.40. The molecule has 4 aliphatic carbocycles. The minimum Gasteiger partial charge on any atom is -0.0848 e. The fraction of sp³-hybridized carbons (Fsp3) is 0.857. The quantitative estimate of drug-likeness (QED) is 0.435. The van der Waals surface area contributed by atoms with E-state index in [0.29, 0.717) is 0 Å². The summed E-state index contributed by atoms with van der Waals surface area (Å²) in [5, 5.41) is 0. The van der Waals surface area contributed by atoms with Gasteiger partial charge in [-0.25, -0.2) is 0 Å². The van der Waals surface area contributed by atoms with Crippen LogP contribution < -0.4 is 0 Å². The molecule has 0 heteroatoms. The van der Waals surface area contributed by atoms with Gasteiger partial charge in [-0.3, -0.25) is 0 Å². The van der Waals surface area contributed by atoms with Crippen LogP contribution >= 0.6 is 0 Å². The molecule has 0 nitrogen and oxygen atoms in total. The third kappa shape index (κ3) is 0.677. The molecule has 0 N–H and O–H groups in total. The molecule has 0 aromatic carbocycles. The molecule has 3 saturated carbocycles. The number of fused-ring (bicyclic) bond motifs is 9. The van der Waals surface area contributed by atoms with E-state index < -0.39 is 0 Å². The second-order valence-corrected chi connectivity index (χ2v) is 6.27. The highest BCUT2D eigenvalue weighted by atomic mass is 14.7. The van der Waals surface area contributed by atoms with Gasteiger partial charge in [0.25, 0.3) is 0 Å². The van der Waals surface area contributed by atoms with E-state index in [-0.39, 0.29) is 0 Å². The molecule has 0 aromatic heterocycles. The van der Waals surface area contributed by atoms with Crippen LogP contribution in [0.2, 0.25) is 0 Å². The average molecular weight is 188 g/mol. The van der Waals surface area contributed by atoms with E-state index in [0.717, 1.165) is 35.0 Å². The van der Waals surface area contributed by atoms with Gasteiger partial charge in [-0.1, -0.05) is 25.5 Å². The van der Waals surface area contributed by atoms with E-state index in [1.807, 2.05) is 0 Å². The molecule has 76 valence electrons. The highest BCUT2D eigenvalue weighted by molar-refractivity contribution is 5.22. The minimum atomic E-state index is 0.805. The predicted molar refractivity (Wildman–Crippen MR) is 57.8 cm³/mol. The van der Waals surface area contributed by atoms with Gasteiger partial charge in [0.05, 0.1) is 0 Å². The van der Waals surface area contributed by atoms with Gasteiger partial charge in [0.2, 0.25) is 0 Å². The van der Waals surface area contributed by atoms with Crippen LogP contribution in [0, 0.1) is 35.0 Å². The van der Waals surface area contributed by atoms with Crippen molar-refractivity contribution >= 4 is 0 Å². The van der Waals surface area contributed by atoms with Crippen molar-refractivity contribution in [1.29, 1.82) is 0 Å². The van der Waals surface area contributed by atoms with Crippen molar-refractivity contribution in [3.05, 3.63) is 12.2 Å². The molecule has 0 spiro atoms. The molecule has 6 unspecified atom stereocenters. The van der Waals surface area contributed by atoms with Crippen LogP contribution in [0.1, 0.15) is 39.0 Å². The largest absolute Gasteiger partial charge is 0.0848 e. The van der Waals surface area contributed by atoms with Crippen molar-refractivity contribution in [3.8, 4) is 0 Å². The first-order valence-electron chi connectivity index (χ1n) is 6.52. The van der Waals surface area contributed by atoms with Gasteiger partial charge in [0.15, 0.2) is 0 Å². The number of rotatable bonds is 1. The highest BCUT2D eigenvalue weighted by Crippen LogP contribution is 2.71. The topological polar surface area (TPSA) is 0 Å². The van der Waals surface area contributed by atoms with Crippen molar-refractivity contribution in [1.82, 2.24) is 0 Å². The SMILES string of the molecule is CCC12CCC(C1)C1C3C=CC(C3)C12. The van der Waals surface area contributed by atoms with E-state index in [9.17, 15) is 0 Å². The molecular weight excluding hydrogens is 168 g/mol. The zero-order valence-electron chi connectivity index (χ0n) is 9.08. The summed E-state index contributed by atoms with van der Waals surface area (Å²) in [6.07, 6.45) is 12.8. The van der Waals surface area contributed by atoms with Crippen LogP contribution in [0.5, 0.6) is 0 Å². The van der Waals surface area contributed by atoms with Gasteiger partial charge in [-0.15, -0.1) is 0 Å². The number of hydrogen-bond donors (Lipinski definition) is 0. The highest BCUT2D eigenvalue weighted by Gasteiger charge is 2.63. The molecular formula is C14H20. The summed E-state index contributed by atoms with van der Waals surface area (Å²) < 4.78 is 0. The summed E-state index contributed by atoms with van der Waals surface area (Å²) in [6.45, 7) is 2.44. The molecule has 0 amide bonds. The molecule has 3 fully saturated rings. The monoisotopic (exact) mass is 188 g/mol. The van der Waals surface area contributed by atoms with Gasteiger partial charge in [-0.05, 0) is 60.7 Å². The van der Waals surface area contributed by atoms with E-state index in [1.54, 1.807) is 19.3 Å². The second kappa shape index (κ2) is 2.28. The summed E-state index contributed by atoms with van der Waals surface area (Å²) in [5.41, 5.74) is 0.805. The predicted octanol–water partition coefficient (Wildman–Crippen LogP) is 3.63. The Bertz CT molecular complexity index is 303. The van der Waals surface area contributed by atoms with Crippen molar-refractivity contribution in [3.63, 3.8) is 0 Å². The first-order chi connectivity index (χ1) is 6.84. The van der Waals surface area contributed by atoms with E-state index in [2.05, 4.69) is 19.1 Å². The Morgan fingerprint density at radius 2 is 2.14 bits per heavy atom. The third-order valence-electron chi connectivity index (χ3n) is 6.16. The molecule has 4 rings (SSSR count). The van der Waals surface area contributed by atoms with E-state index in [1.165, 1.54) is 12.8 Å². The van der Waals surface area contributed by atoms with Crippen molar-refractivity contribution in [2.75, 3.05) is 0 Å². The fourth-order valence-electron chi connectivity index (χ4n) is 5.75. The van der Waals surface area contributed by atoms with Crippen LogP contribution in [0.4, 0.5) is 0 Å². The summed E-state index contributed by atoms with van der Waals surface area (Å²) in [5.74, 6) is 5.36. The Morgan fingerprint density at radius 3 is 3.00 bits per heavy atom. The average Bonchev–Trinajstić information content (AvgIpc) is 2.96. The van der Waals surface area contributed by atoms with Crippen LogP contribution in [-0.2, 0) is 0 Å². The van der Waals surface area contributed by atoms with Crippen molar-refractivity contribution in [2.24, 2.45) is 35.0 Å². The van der Waals surface area contributed by atoms with Crippen molar-refractivity contribution in [2.45, 2.75) is 39.0 Å². The maximum absolute atomic E-state index is 2.56. The second-order valence-electron chi connectivity index (χ2n) is 6.27. The first kappa shape index (κ1) is 7.96. The molecule has 0 saturated heterocycles. The number of allylic oxidation sites excluding steroid dienone is 2. The molecule has 4 bridgehead atoms. The molecule has 4 aliphatic rings. The molecule has 0 aliphatic heterocycles. The Kier molecular flexibility index (Phi) is 1.30. The standard InChI is InChI=1S/C14H20/c1-2-14-6-5-11(8-14)12-9-3-4-10(7-9)13(12)14/h3-4,9-13H,2,5-8H2,1H3. The first-order valence-corrected chi connectivity index (χ1v) is 6.52. The Hall–Kier alpha value is -0.260. The van der Waals surface area contributed by atoms with Crippen molar-refractivity contribution < 1.29 is 0 Å². The van der Waals surface area contributed by atoms with Gasteiger partial charge in [-0.2, -0.15) is 0 Å². The number of hydrogen-bond acceptors (Lipinski definition) is 0. The smallest absolute Gasteiger partial charge is 0.0191 e. The van der Waals surface area contributed by atoms with Crippen LogP contribution in [0.3, 0.4) is 0 Å². The van der Waals surface area contributed by atoms with Crippen LogP contribution in [0.25, 0.3) is 0 Å². The maximum Gasteiger partial charge on any atom is -0.0191 e. The van der Waals surface area contributed by atoms with E-state index >= 15 is 0 Å². The Balaban J connectivity index is 1.81. The van der Waals surface area contributed by atoms with Gasteiger partial charge in [0, 0.05) is 0 Å². The van der Waals surface area contributed by atoms with Gasteiger partial charge in [0.1, 0.15) is 0 Å². The van der Waals surface area contributed by atoms with E-state index in [4.69, 9.17) is 0 Å². The zero-order valence-corrected chi connectivity index (χ0v) is 9.08. The summed E-state index contributed by atoms with van der Waals surface area (Å²) in [6, 6.07) is 0. The van der Waals surface area contributed by atoms with Gasteiger partial charge < -0.3 is 0 Å². The van der Waals surface area contributed by atoms with Crippen LogP contribution in [0.15, 0.2) is 12.2 Å². The molecule has 6 atom stereocenters.